The molecule has 0 saturated heterocycles. The van der Waals surface area contributed by atoms with Gasteiger partial charge in [0.05, 0.1) is 6.61 Å². The molecule has 0 aliphatic heterocycles. The Labute approximate surface area is 128 Å². The number of hydroxylamine groups is 1. The number of carbonyl (C=O) groups is 1. The van der Waals surface area contributed by atoms with E-state index in [1.54, 1.807) is 12.1 Å². The maximum Gasteiger partial charge on any atom is 0.274 e. The van der Waals surface area contributed by atoms with Crippen LogP contribution in [0, 0.1) is 0 Å². The summed E-state index contributed by atoms with van der Waals surface area (Å²) in [5.41, 5.74) is 3.04. The van der Waals surface area contributed by atoms with Crippen LogP contribution in [0.4, 0.5) is 0 Å². The van der Waals surface area contributed by atoms with Gasteiger partial charge in [-0.2, -0.15) is 0 Å². The zero-order chi connectivity index (χ0) is 15.9. The van der Waals surface area contributed by atoms with Gasteiger partial charge in [0.1, 0.15) is 0 Å². The number of nitrogens with one attached hydrogen (secondary N) is 1. The monoisotopic (exact) mass is 309 g/mol. The first-order chi connectivity index (χ1) is 9.74. The van der Waals surface area contributed by atoms with Crippen LogP contribution in [-0.4, -0.2) is 27.4 Å². The maximum atomic E-state index is 11.7. The molecule has 0 aliphatic rings. The van der Waals surface area contributed by atoms with Crippen molar-refractivity contribution in [2.24, 2.45) is 0 Å². The van der Waals surface area contributed by atoms with Crippen molar-refractivity contribution in [1.82, 2.24) is 5.48 Å². The van der Waals surface area contributed by atoms with E-state index in [4.69, 9.17) is 9.26 Å². The van der Waals surface area contributed by atoms with Gasteiger partial charge in [-0.1, -0.05) is 39.0 Å². The predicted molar refractivity (Wildman–Crippen MR) is 87.6 cm³/mol. The van der Waals surface area contributed by atoms with Gasteiger partial charge in [-0.15, -0.1) is 0 Å². The number of hydrogen-bond acceptors (Lipinski definition) is 3. The molecule has 0 bridgehead atoms. The molecule has 0 spiro atoms. The van der Waals surface area contributed by atoms with Crippen LogP contribution in [0.5, 0.6) is 0 Å². The molecule has 0 unspecified atom stereocenters. The van der Waals surface area contributed by atoms with Gasteiger partial charge in [0.2, 0.25) is 0 Å². The quantitative estimate of drug-likeness (QED) is 0.474. The third-order valence-corrected chi connectivity index (χ3v) is 8.40. The summed E-state index contributed by atoms with van der Waals surface area (Å²) in [6, 6.07) is 9.01. The van der Waals surface area contributed by atoms with Gasteiger partial charge in [0.15, 0.2) is 8.32 Å². The Morgan fingerprint density at radius 1 is 1.14 bits per heavy atom. The number of hydrogen-bond donors (Lipinski definition) is 1. The Bertz CT molecular complexity index is 441. The Balaban J connectivity index is 2.17. The van der Waals surface area contributed by atoms with Crippen molar-refractivity contribution in [3.8, 4) is 0 Å². The highest BCUT2D eigenvalue weighted by Crippen LogP contribution is 2.36. The zero-order valence-corrected chi connectivity index (χ0v) is 14.7. The number of benzene rings is 1. The standard InChI is InChI=1S/C16H27NO3Si/c1-16(2,3)21(4,5)20-13-9-12-19-17-15(18)14-10-7-6-8-11-14/h6-8,10-11H,9,12-13H2,1-5H3,(H,17,18). The van der Waals surface area contributed by atoms with E-state index in [0.29, 0.717) is 18.8 Å². The maximum absolute atomic E-state index is 11.7. The molecule has 1 aromatic carbocycles. The lowest BCUT2D eigenvalue weighted by Gasteiger charge is -2.36. The van der Waals surface area contributed by atoms with Crippen LogP contribution in [-0.2, 0) is 9.26 Å². The molecule has 21 heavy (non-hydrogen) atoms. The van der Waals surface area contributed by atoms with Crippen molar-refractivity contribution in [2.75, 3.05) is 13.2 Å². The fourth-order valence-electron chi connectivity index (χ4n) is 1.44. The topological polar surface area (TPSA) is 47.6 Å². The van der Waals surface area contributed by atoms with E-state index in [2.05, 4.69) is 39.3 Å². The van der Waals surface area contributed by atoms with Gasteiger partial charge >= 0.3 is 0 Å². The normalized spacial score (nSPS) is 12.2. The van der Waals surface area contributed by atoms with Crippen LogP contribution in [0.25, 0.3) is 0 Å². The van der Waals surface area contributed by atoms with Crippen molar-refractivity contribution < 1.29 is 14.1 Å². The van der Waals surface area contributed by atoms with Crippen molar-refractivity contribution in [3.63, 3.8) is 0 Å². The third kappa shape index (κ3) is 5.99. The van der Waals surface area contributed by atoms with E-state index in [0.717, 1.165) is 6.42 Å². The molecule has 1 rings (SSSR count). The molecule has 0 radical (unpaired) electrons. The molecule has 5 heteroatoms. The predicted octanol–water partition coefficient (Wildman–Crippen LogP) is 3.76. The summed E-state index contributed by atoms with van der Waals surface area (Å²) < 4.78 is 6.03. The van der Waals surface area contributed by atoms with E-state index in [1.807, 2.05) is 18.2 Å². The molecule has 1 N–H and O–H groups in total. The first kappa shape index (κ1) is 17.9. The summed E-state index contributed by atoms with van der Waals surface area (Å²) in [7, 11) is -1.68. The molecular weight excluding hydrogens is 282 g/mol. The minimum Gasteiger partial charge on any atom is -0.417 e. The lowest BCUT2D eigenvalue weighted by atomic mass is 10.2. The summed E-state index contributed by atoms with van der Waals surface area (Å²) >= 11 is 0. The number of carbonyl (C=O) groups excluding carboxylic acids is 1. The Kier molecular flexibility index (Phi) is 6.58. The average molecular weight is 309 g/mol. The smallest absolute Gasteiger partial charge is 0.274 e. The minimum atomic E-state index is -1.68. The van der Waals surface area contributed by atoms with Crippen LogP contribution in [0.2, 0.25) is 18.1 Å². The first-order valence-electron chi connectivity index (χ1n) is 7.35. The fourth-order valence-corrected chi connectivity index (χ4v) is 2.53. The summed E-state index contributed by atoms with van der Waals surface area (Å²) in [5.74, 6) is -0.221. The Morgan fingerprint density at radius 3 is 2.33 bits per heavy atom. The van der Waals surface area contributed by atoms with E-state index in [1.165, 1.54) is 0 Å². The molecule has 1 aromatic rings. The molecule has 0 aromatic heterocycles. The molecular formula is C16H27NO3Si. The van der Waals surface area contributed by atoms with Crippen molar-refractivity contribution >= 4 is 14.2 Å². The SMILES string of the molecule is CC(C)(C)[Si](C)(C)OCCCONC(=O)c1ccccc1. The van der Waals surface area contributed by atoms with Gasteiger partial charge in [-0.3, -0.25) is 9.63 Å². The second kappa shape index (κ2) is 7.73. The van der Waals surface area contributed by atoms with E-state index in [-0.39, 0.29) is 10.9 Å². The highest BCUT2D eigenvalue weighted by Gasteiger charge is 2.36. The Hall–Kier alpha value is -1.17. The lowest BCUT2D eigenvalue weighted by Crippen LogP contribution is -2.41. The van der Waals surface area contributed by atoms with E-state index >= 15 is 0 Å². The van der Waals surface area contributed by atoms with E-state index in [9.17, 15) is 4.79 Å². The van der Waals surface area contributed by atoms with E-state index < -0.39 is 8.32 Å². The van der Waals surface area contributed by atoms with Crippen LogP contribution >= 0.6 is 0 Å². The lowest BCUT2D eigenvalue weighted by molar-refractivity contribution is 0.0266. The number of rotatable bonds is 7. The number of amides is 1. The molecule has 1 amide bonds. The summed E-state index contributed by atoms with van der Waals surface area (Å²) in [4.78, 5) is 16.9. The molecule has 118 valence electrons. The van der Waals surface area contributed by atoms with Crippen LogP contribution in [0.3, 0.4) is 0 Å². The summed E-state index contributed by atoms with van der Waals surface area (Å²) in [6.07, 6.45) is 0.765. The van der Waals surface area contributed by atoms with Crippen molar-refractivity contribution in [3.05, 3.63) is 35.9 Å². The van der Waals surface area contributed by atoms with Crippen LogP contribution in [0.15, 0.2) is 30.3 Å². The second-order valence-electron chi connectivity index (χ2n) is 6.61. The van der Waals surface area contributed by atoms with Crippen molar-refractivity contribution in [1.29, 1.82) is 0 Å². The third-order valence-electron chi connectivity index (χ3n) is 3.86. The fraction of sp³-hybridized carbons (Fsp3) is 0.562. The van der Waals surface area contributed by atoms with Gasteiger partial charge in [-0.25, -0.2) is 5.48 Å². The molecule has 0 fully saturated rings. The summed E-state index contributed by atoms with van der Waals surface area (Å²) in [6.45, 7) is 12.2. The van der Waals surface area contributed by atoms with Crippen LogP contribution in [0.1, 0.15) is 37.6 Å². The zero-order valence-electron chi connectivity index (χ0n) is 13.7. The molecule has 4 nitrogen and oxygen atoms in total. The molecule has 0 heterocycles. The molecule has 0 aliphatic carbocycles. The average Bonchev–Trinajstić information content (AvgIpc) is 2.42. The van der Waals surface area contributed by atoms with Gasteiger partial charge in [0, 0.05) is 12.2 Å². The highest BCUT2D eigenvalue weighted by atomic mass is 28.4. The van der Waals surface area contributed by atoms with Crippen LogP contribution < -0.4 is 5.48 Å². The van der Waals surface area contributed by atoms with Gasteiger partial charge in [-0.05, 0) is 36.7 Å². The second-order valence-corrected chi connectivity index (χ2v) is 11.4. The van der Waals surface area contributed by atoms with Crippen molar-refractivity contribution in [2.45, 2.75) is 45.3 Å². The van der Waals surface area contributed by atoms with Gasteiger partial charge < -0.3 is 4.43 Å². The Morgan fingerprint density at radius 2 is 1.76 bits per heavy atom. The molecule has 0 atom stereocenters. The summed E-state index contributed by atoms with van der Waals surface area (Å²) in [5, 5.41) is 0.218. The minimum absolute atomic E-state index is 0.218. The first-order valence-corrected chi connectivity index (χ1v) is 10.3. The largest absolute Gasteiger partial charge is 0.417 e. The molecule has 0 saturated carbocycles. The highest BCUT2D eigenvalue weighted by molar-refractivity contribution is 6.74. The van der Waals surface area contributed by atoms with Gasteiger partial charge in [0.25, 0.3) is 5.91 Å².